The lowest BCUT2D eigenvalue weighted by Gasteiger charge is -2.25. The maximum Gasteiger partial charge on any atom is 0.269 e. The molecule has 0 heterocycles. The van der Waals surface area contributed by atoms with E-state index >= 15 is 0 Å². The highest BCUT2D eigenvalue weighted by atomic mass is 33.1. The first kappa shape index (κ1) is 38.5. The third-order valence-corrected chi connectivity index (χ3v) is 8.31. The van der Waals surface area contributed by atoms with Crippen LogP contribution in [0.15, 0.2) is 0 Å². The maximum absolute atomic E-state index is 10.7. The van der Waals surface area contributed by atoms with Crippen molar-refractivity contribution in [3.63, 3.8) is 0 Å². The molecule has 0 aliphatic heterocycles. The zero-order valence-corrected chi connectivity index (χ0v) is 25.0. The van der Waals surface area contributed by atoms with E-state index in [1.54, 1.807) is 0 Å². The van der Waals surface area contributed by atoms with E-state index in [2.05, 4.69) is 67.4 Å². The summed E-state index contributed by atoms with van der Waals surface area (Å²) in [5, 5.41) is 0. The molecule has 0 amide bonds. The van der Waals surface area contributed by atoms with Crippen molar-refractivity contribution in [3.05, 3.63) is 0 Å². The fourth-order valence-electron chi connectivity index (χ4n) is 1.84. The first-order valence-corrected chi connectivity index (χ1v) is 17.5. The van der Waals surface area contributed by atoms with Gasteiger partial charge in [0, 0.05) is 11.5 Å². The van der Waals surface area contributed by atoms with Crippen LogP contribution in [0.4, 0.5) is 0 Å². The molecule has 0 spiro atoms. The monoisotopic (exact) mass is 554 g/mol. The Balaban J connectivity index is -0.000000470. The molecule has 0 bridgehead atoms. The van der Waals surface area contributed by atoms with Gasteiger partial charge in [0.25, 0.3) is 15.6 Å². The van der Waals surface area contributed by atoms with Gasteiger partial charge in [-0.25, -0.2) is 0 Å². The van der Waals surface area contributed by atoms with Crippen LogP contribution < -0.4 is 9.79 Å². The summed E-state index contributed by atoms with van der Waals surface area (Å²) < 4.78 is 37.9. The first-order valence-electron chi connectivity index (χ1n) is 12.1. The van der Waals surface area contributed by atoms with Gasteiger partial charge in [-0.1, -0.05) is 101 Å². The molecule has 0 N–H and O–H groups in total. The van der Waals surface area contributed by atoms with Gasteiger partial charge >= 0.3 is 0 Å². The second-order valence-electron chi connectivity index (χ2n) is 6.87. The van der Waals surface area contributed by atoms with E-state index in [1.807, 2.05) is 0 Å². The van der Waals surface area contributed by atoms with Gasteiger partial charge in [0.2, 0.25) is 0 Å². The molecule has 0 fully saturated rings. The maximum atomic E-state index is 10.7. The van der Waals surface area contributed by atoms with Crippen LogP contribution in [-0.2, 0) is 27.2 Å². The lowest BCUT2D eigenvalue weighted by Crippen LogP contribution is -2.13. The summed E-state index contributed by atoms with van der Waals surface area (Å²) >= 11 is 0. The Morgan fingerprint density at radius 1 is 0.545 bits per heavy atom. The highest BCUT2D eigenvalue weighted by molar-refractivity contribution is 8.76. The number of rotatable bonds is 20. The Morgan fingerprint density at radius 2 is 0.909 bits per heavy atom. The summed E-state index contributed by atoms with van der Waals surface area (Å²) in [4.78, 5) is 21.5. The summed E-state index contributed by atoms with van der Waals surface area (Å²) in [7, 11) is -4.82. The predicted octanol–water partition coefficient (Wildman–Crippen LogP) is 7.32. The topological polar surface area (TPSA) is 117 Å². The number of phosphoric acid groups is 2. The molecule has 2 atom stereocenters. The quantitative estimate of drug-likeness (QED) is 0.0655. The average Bonchev–Trinajstić information content (AvgIpc) is 2.75. The minimum atomic E-state index is -4.49. The molecule has 0 aromatic carbocycles. The molecule has 0 aliphatic carbocycles. The normalized spacial score (nSPS) is 14.3. The van der Waals surface area contributed by atoms with Gasteiger partial charge in [-0.3, -0.25) is 18.2 Å². The van der Waals surface area contributed by atoms with Crippen molar-refractivity contribution in [2.45, 2.75) is 106 Å². The van der Waals surface area contributed by atoms with Gasteiger partial charge in [-0.15, -0.1) is 0 Å². The third-order valence-electron chi connectivity index (χ3n) is 3.74. The van der Waals surface area contributed by atoms with Crippen molar-refractivity contribution in [2.75, 3.05) is 31.5 Å². The molecule has 0 aromatic heterocycles. The number of hydrogen-bond donors (Lipinski definition) is 0. The average molecular weight is 555 g/mol. The zero-order chi connectivity index (χ0) is 25.8. The summed E-state index contributed by atoms with van der Waals surface area (Å²) in [6.45, 7) is 10.6. The van der Waals surface area contributed by atoms with Crippen LogP contribution in [0.2, 0.25) is 0 Å². The van der Waals surface area contributed by atoms with Crippen molar-refractivity contribution in [1.29, 1.82) is 0 Å². The van der Waals surface area contributed by atoms with E-state index in [1.165, 1.54) is 89.6 Å². The predicted molar refractivity (Wildman–Crippen MR) is 139 cm³/mol. The Kier molecular flexibility index (Phi) is 34.0. The fourth-order valence-corrected chi connectivity index (χ4v) is 5.36. The van der Waals surface area contributed by atoms with E-state index in [-0.39, 0.29) is 13.2 Å². The number of unbranched alkanes of at least 4 members (excludes halogenated alkanes) is 7. The van der Waals surface area contributed by atoms with Crippen LogP contribution in [-0.4, -0.2) is 31.5 Å². The van der Waals surface area contributed by atoms with Gasteiger partial charge in [0.15, 0.2) is 6.79 Å². The second kappa shape index (κ2) is 29.2. The van der Waals surface area contributed by atoms with Crippen molar-refractivity contribution in [1.82, 2.24) is 0 Å². The van der Waals surface area contributed by atoms with Gasteiger partial charge in [0.1, 0.15) is 0 Å². The van der Waals surface area contributed by atoms with E-state index in [0.717, 1.165) is 0 Å². The van der Waals surface area contributed by atoms with Gasteiger partial charge in [0.05, 0.1) is 13.2 Å². The molecule has 0 rings (SSSR count). The van der Waals surface area contributed by atoms with E-state index < -0.39 is 22.4 Å². The van der Waals surface area contributed by atoms with E-state index in [0.29, 0.717) is 0 Å². The molecule has 8 nitrogen and oxygen atoms in total. The molecule has 2 unspecified atom stereocenters. The van der Waals surface area contributed by atoms with Gasteiger partial charge in [-0.2, -0.15) is 0 Å². The number of hydrogen-bond acceptors (Lipinski definition) is 10. The Morgan fingerprint density at radius 3 is 1.18 bits per heavy atom. The lowest BCUT2D eigenvalue weighted by molar-refractivity contribution is -0.243. The smallest absolute Gasteiger partial charge is 0.269 e. The summed E-state index contributed by atoms with van der Waals surface area (Å²) in [6, 6.07) is 0. The molecule has 0 saturated carbocycles. The first-order chi connectivity index (χ1) is 15.7. The van der Waals surface area contributed by atoms with Crippen LogP contribution in [0.3, 0.4) is 0 Å². The van der Waals surface area contributed by atoms with Crippen molar-refractivity contribution in [2.24, 2.45) is 0 Å². The fraction of sp³-hybridized carbons (Fsp3) is 1.00. The highest BCUT2D eigenvalue weighted by Crippen LogP contribution is 2.42. The zero-order valence-electron chi connectivity index (χ0n) is 21.6. The molecule has 0 radical (unpaired) electrons. The van der Waals surface area contributed by atoms with Crippen molar-refractivity contribution < 1.29 is 37.0 Å². The molecule has 204 valence electrons. The SMILES string of the molecule is CCCC.CCCCCCSSCCCCCC.CCOP(=O)([O-])OCOP(=O)([O-])OCC. The largest absolute Gasteiger partial charge is 0.756 e. The summed E-state index contributed by atoms with van der Waals surface area (Å²) in [6.07, 6.45) is 13.9. The minimum absolute atomic E-state index is 0.110. The second-order valence-corrected chi connectivity index (χ2v) is 12.4. The lowest BCUT2D eigenvalue weighted by atomic mass is 10.2. The standard InChI is InChI=1S/C12H26S2.C5H14O8P2.C4H10/c1-3-5-7-9-11-13-14-12-10-8-6-4-2;1-3-10-14(6,7)12-5-13-15(8,9)11-4-2;1-3-4-2/h3-12H2,1-2H3;3-5H2,1-2H3,(H,6,7)(H,8,9);3-4H2,1-2H3/p-2. The Bertz CT molecular complexity index is 434. The highest BCUT2D eigenvalue weighted by Gasteiger charge is 2.12. The molecule has 12 heteroatoms. The molecule has 33 heavy (non-hydrogen) atoms. The van der Waals surface area contributed by atoms with Crippen LogP contribution in [0.1, 0.15) is 106 Å². The van der Waals surface area contributed by atoms with Gasteiger partial charge in [-0.05, 0) is 26.7 Å². The van der Waals surface area contributed by atoms with E-state index in [4.69, 9.17) is 0 Å². The van der Waals surface area contributed by atoms with Crippen molar-refractivity contribution >= 4 is 37.2 Å². The Hall–Kier alpha value is 0.920. The summed E-state index contributed by atoms with van der Waals surface area (Å²) in [5.74, 6) is 2.72. The minimum Gasteiger partial charge on any atom is -0.756 e. The summed E-state index contributed by atoms with van der Waals surface area (Å²) in [5.41, 5.74) is 0. The molecular weight excluding hydrogens is 506 g/mol. The third kappa shape index (κ3) is 37.6. The molecule has 0 aromatic rings. The van der Waals surface area contributed by atoms with Crippen LogP contribution in [0, 0.1) is 0 Å². The van der Waals surface area contributed by atoms with Crippen LogP contribution >= 0.6 is 37.2 Å². The van der Waals surface area contributed by atoms with Gasteiger partial charge < -0.3 is 18.8 Å². The van der Waals surface area contributed by atoms with E-state index in [9.17, 15) is 18.9 Å². The molecular formula is C21H48O8P2S2-2. The Labute approximate surface area is 211 Å². The molecule has 0 saturated heterocycles. The van der Waals surface area contributed by atoms with Crippen LogP contribution in [0.25, 0.3) is 0 Å². The van der Waals surface area contributed by atoms with Crippen LogP contribution in [0.5, 0.6) is 0 Å². The number of phosphoric ester groups is 2. The molecule has 0 aliphatic rings. The van der Waals surface area contributed by atoms with Crippen molar-refractivity contribution in [3.8, 4) is 0 Å².